The number of ether oxygens (including phenoxy) is 1. The van der Waals surface area contributed by atoms with Crippen LogP contribution >= 0.6 is 0 Å². The summed E-state index contributed by atoms with van der Waals surface area (Å²) in [5.74, 6) is 0.891. The zero-order chi connectivity index (χ0) is 21.3. The lowest BCUT2D eigenvalue weighted by Crippen LogP contribution is -2.54. The zero-order valence-electron chi connectivity index (χ0n) is 16.3. The quantitative estimate of drug-likeness (QED) is 0.610. The van der Waals surface area contributed by atoms with Crippen molar-refractivity contribution in [3.8, 4) is 23.3 Å². The van der Waals surface area contributed by atoms with Crippen molar-refractivity contribution in [2.45, 2.75) is 31.6 Å². The summed E-state index contributed by atoms with van der Waals surface area (Å²) >= 11 is 0. The number of aromatic nitrogens is 2. The minimum Gasteiger partial charge on any atom is -0.485 e. The van der Waals surface area contributed by atoms with Crippen LogP contribution in [0.1, 0.15) is 31.0 Å². The van der Waals surface area contributed by atoms with Crippen LogP contribution in [0.5, 0.6) is 5.75 Å². The number of aliphatic hydroxyl groups excluding tert-OH is 1. The summed E-state index contributed by atoms with van der Waals surface area (Å²) in [6.07, 6.45) is 0.287. The van der Waals surface area contributed by atoms with Crippen molar-refractivity contribution in [3.63, 3.8) is 0 Å². The molecule has 0 saturated heterocycles. The van der Waals surface area contributed by atoms with Gasteiger partial charge in [-0.15, -0.1) is 0 Å². The van der Waals surface area contributed by atoms with Crippen molar-refractivity contribution in [1.82, 2.24) is 15.5 Å². The Labute approximate surface area is 172 Å². The molecule has 2 atom stereocenters. The van der Waals surface area contributed by atoms with E-state index in [9.17, 15) is 15.2 Å². The van der Waals surface area contributed by atoms with E-state index < -0.39 is 23.8 Å². The van der Waals surface area contributed by atoms with Gasteiger partial charge in [-0.1, -0.05) is 5.16 Å². The fourth-order valence-electron chi connectivity index (χ4n) is 3.33. The summed E-state index contributed by atoms with van der Waals surface area (Å²) in [4.78, 5) is 16.6. The molecular formula is C21H19N5O4. The number of nitriles is 1. The van der Waals surface area contributed by atoms with E-state index in [0.29, 0.717) is 28.5 Å². The van der Waals surface area contributed by atoms with Gasteiger partial charge in [0.25, 0.3) is 5.89 Å². The van der Waals surface area contributed by atoms with Gasteiger partial charge >= 0.3 is 6.03 Å². The van der Waals surface area contributed by atoms with Gasteiger partial charge in [-0.3, -0.25) is 0 Å². The first-order valence-electron chi connectivity index (χ1n) is 9.23. The van der Waals surface area contributed by atoms with E-state index in [-0.39, 0.29) is 0 Å². The lowest BCUT2D eigenvalue weighted by atomic mass is 9.86. The second-order valence-electron chi connectivity index (χ2n) is 7.41. The second-order valence-corrected chi connectivity index (χ2v) is 7.41. The molecule has 2 unspecified atom stereocenters. The number of anilines is 1. The third-order valence-electron chi connectivity index (χ3n) is 4.91. The van der Waals surface area contributed by atoms with E-state index >= 15 is 0 Å². The SMILES string of the molecule is CC1(C)Oc2ccc(C#N)cc2C(NC(=O)Nc2ccc(-c3ncno3)cc2)C1O. The van der Waals surface area contributed by atoms with Crippen LogP contribution in [-0.2, 0) is 0 Å². The molecule has 3 N–H and O–H groups in total. The third-order valence-corrected chi connectivity index (χ3v) is 4.91. The lowest BCUT2D eigenvalue weighted by Gasteiger charge is -2.42. The number of aliphatic hydroxyl groups is 1. The number of nitrogens with one attached hydrogen (secondary N) is 2. The Hall–Kier alpha value is -3.90. The van der Waals surface area contributed by atoms with Crippen LogP contribution < -0.4 is 15.4 Å². The monoisotopic (exact) mass is 405 g/mol. The molecular weight excluding hydrogens is 386 g/mol. The number of urea groups is 1. The highest BCUT2D eigenvalue weighted by atomic mass is 16.5. The van der Waals surface area contributed by atoms with Gasteiger partial charge in [0.1, 0.15) is 17.5 Å². The van der Waals surface area contributed by atoms with Crippen molar-refractivity contribution in [1.29, 1.82) is 5.26 Å². The average molecular weight is 405 g/mol. The molecule has 1 aliphatic rings. The summed E-state index contributed by atoms with van der Waals surface area (Å²) in [5, 5.41) is 29.1. The normalized spacial score (nSPS) is 19.1. The highest BCUT2D eigenvalue weighted by Crippen LogP contribution is 2.40. The topological polar surface area (TPSA) is 133 Å². The van der Waals surface area contributed by atoms with Crippen LogP contribution in [-0.4, -0.2) is 33.0 Å². The molecule has 2 heterocycles. The Morgan fingerprint density at radius 2 is 2.00 bits per heavy atom. The molecule has 1 aromatic heterocycles. The molecule has 3 aromatic rings. The summed E-state index contributed by atoms with van der Waals surface area (Å²) in [7, 11) is 0. The van der Waals surface area contributed by atoms with E-state index in [0.717, 1.165) is 5.56 Å². The number of hydrogen-bond acceptors (Lipinski definition) is 7. The first-order chi connectivity index (χ1) is 14.4. The van der Waals surface area contributed by atoms with E-state index in [1.807, 2.05) is 0 Å². The molecule has 30 heavy (non-hydrogen) atoms. The van der Waals surface area contributed by atoms with Crippen LogP contribution in [0.2, 0.25) is 0 Å². The number of rotatable bonds is 3. The minimum atomic E-state index is -1.02. The Morgan fingerprint density at radius 1 is 1.23 bits per heavy atom. The molecule has 0 saturated carbocycles. The Morgan fingerprint density at radius 3 is 2.67 bits per heavy atom. The number of amides is 2. The maximum absolute atomic E-state index is 12.6. The standard InChI is InChI=1S/C21H19N5O4/c1-21(2)18(27)17(15-9-12(10-22)3-8-16(15)29-21)26-20(28)25-14-6-4-13(5-7-14)19-23-11-24-30-19/h3-9,11,17-18,27H,1-2H3,(H2,25,26,28). The molecule has 2 aromatic carbocycles. The highest BCUT2D eigenvalue weighted by molar-refractivity contribution is 5.90. The molecule has 0 aliphatic carbocycles. The van der Waals surface area contributed by atoms with E-state index in [2.05, 4.69) is 26.8 Å². The van der Waals surface area contributed by atoms with Crippen LogP contribution in [0.4, 0.5) is 10.5 Å². The molecule has 1 aliphatic heterocycles. The van der Waals surface area contributed by atoms with Crippen LogP contribution in [0.15, 0.2) is 53.3 Å². The van der Waals surface area contributed by atoms with Crippen molar-refractivity contribution >= 4 is 11.7 Å². The fourth-order valence-corrected chi connectivity index (χ4v) is 3.33. The van der Waals surface area contributed by atoms with Gasteiger partial charge < -0.3 is 25.0 Å². The summed E-state index contributed by atoms with van der Waals surface area (Å²) in [5.41, 5.74) is 1.29. The molecule has 9 nitrogen and oxygen atoms in total. The molecule has 0 fully saturated rings. The molecule has 0 radical (unpaired) electrons. The molecule has 0 spiro atoms. The number of carbonyl (C=O) groups excluding carboxylic acids is 1. The van der Waals surface area contributed by atoms with Crippen molar-refractivity contribution in [2.24, 2.45) is 0 Å². The lowest BCUT2D eigenvalue weighted by molar-refractivity contribution is -0.0618. The summed E-state index contributed by atoms with van der Waals surface area (Å²) in [6.45, 7) is 3.48. The zero-order valence-corrected chi connectivity index (χ0v) is 16.3. The third kappa shape index (κ3) is 3.68. The van der Waals surface area contributed by atoms with Crippen molar-refractivity contribution in [3.05, 3.63) is 59.9 Å². The van der Waals surface area contributed by atoms with Gasteiger partial charge in [-0.2, -0.15) is 10.2 Å². The van der Waals surface area contributed by atoms with Crippen LogP contribution in [0, 0.1) is 11.3 Å². The highest BCUT2D eigenvalue weighted by Gasteiger charge is 2.43. The van der Waals surface area contributed by atoms with Crippen LogP contribution in [0.3, 0.4) is 0 Å². The van der Waals surface area contributed by atoms with E-state index in [1.54, 1.807) is 56.3 Å². The maximum Gasteiger partial charge on any atom is 0.319 e. The first kappa shape index (κ1) is 19.4. The minimum absolute atomic E-state index is 0.378. The van der Waals surface area contributed by atoms with Gasteiger partial charge in [0.15, 0.2) is 6.33 Å². The number of nitrogens with zero attached hydrogens (tertiary/aromatic N) is 3. The Balaban J connectivity index is 1.53. The summed E-state index contributed by atoms with van der Waals surface area (Å²) < 4.78 is 10.9. The first-order valence-corrected chi connectivity index (χ1v) is 9.23. The van der Waals surface area contributed by atoms with Gasteiger partial charge in [0.05, 0.1) is 17.7 Å². The molecule has 0 bridgehead atoms. The maximum atomic E-state index is 12.6. The van der Waals surface area contributed by atoms with Gasteiger partial charge in [0.2, 0.25) is 0 Å². The van der Waals surface area contributed by atoms with Crippen molar-refractivity contribution < 1.29 is 19.2 Å². The average Bonchev–Trinajstić information content (AvgIpc) is 3.26. The van der Waals surface area contributed by atoms with E-state index in [1.165, 1.54) is 6.33 Å². The van der Waals surface area contributed by atoms with Gasteiger partial charge in [-0.25, -0.2) is 4.79 Å². The molecule has 4 rings (SSSR count). The molecule has 9 heteroatoms. The Bertz CT molecular complexity index is 1100. The van der Waals surface area contributed by atoms with Crippen molar-refractivity contribution in [2.75, 3.05) is 5.32 Å². The predicted molar refractivity (Wildman–Crippen MR) is 107 cm³/mol. The van der Waals surface area contributed by atoms with Gasteiger partial charge in [-0.05, 0) is 56.3 Å². The molecule has 2 amide bonds. The predicted octanol–water partition coefficient (Wildman–Crippen LogP) is 3.00. The number of carbonyl (C=O) groups is 1. The Kier molecular flexibility index (Phi) is 4.85. The molecule has 152 valence electrons. The van der Waals surface area contributed by atoms with Gasteiger partial charge in [0, 0.05) is 16.8 Å². The number of benzene rings is 2. The number of hydrogen-bond donors (Lipinski definition) is 3. The second kappa shape index (κ2) is 7.50. The fraction of sp³-hybridized carbons (Fsp3) is 0.238. The summed E-state index contributed by atoms with van der Waals surface area (Å²) in [6, 6.07) is 12.6. The largest absolute Gasteiger partial charge is 0.485 e. The van der Waals surface area contributed by atoms with E-state index in [4.69, 9.17) is 9.26 Å². The smallest absolute Gasteiger partial charge is 0.319 e. The number of fused-ring (bicyclic) bond motifs is 1. The van der Waals surface area contributed by atoms with Crippen LogP contribution in [0.25, 0.3) is 11.5 Å².